The lowest BCUT2D eigenvalue weighted by Gasteiger charge is -2.33. The van der Waals surface area contributed by atoms with Crippen molar-refractivity contribution in [2.24, 2.45) is 5.92 Å². The number of amides is 1. The summed E-state index contributed by atoms with van der Waals surface area (Å²) in [7, 11) is 0. The summed E-state index contributed by atoms with van der Waals surface area (Å²) in [6, 6.07) is 2.04. The Morgan fingerprint density at radius 3 is 2.93 bits per heavy atom. The molecule has 2 aliphatic rings. The summed E-state index contributed by atoms with van der Waals surface area (Å²) < 4.78 is 5.35. The Morgan fingerprint density at radius 2 is 2.10 bits per heavy atom. The summed E-state index contributed by atoms with van der Waals surface area (Å²) >= 11 is 0. The summed E-state index contributed by atoms with van der Waals surface area (Å²) in [4.78, 5) is 25.7. The van der Waals surface area contributed by atoms with Crippen LogP contribution in [0, 0.1) is 5.92 Å². The smallest absolute Gasteiger partial charge is 0.220 e. The van der Waals surface area contributed by atoms with Crippen molar-refractivity contribution in [2.45, 2.75) is 39.0 Å². The van der Waals surface area contributed by atoms with E-state index in [0.29, 0.717) is 12.3 Å². The van der Waals surface area contributed by atoms with Crippen LogP contribution < -0.4 is 15.5 Å². The van der Waals surface area contributed by atoms with E-state index >= 15 is 0 Å². The van der Waals surface area contributed by atoms with Gasteiger partial charge in [0.15, 0.2) is 0 Å². The van der Waals surface area contributed by atoms with E-state index in [-0.39, 0.29) is 5.91 Å². The van der Waals surface area contributed by atoms with Crippen LogP contribution >= 0.6 is 0 Å². The molecule has 1 amide bonds. The molecule has 3 rings (SSSR count). The Balaban J connectivity index is 1.37. The van der Waals surface area contributed by atoms with E-state index in [0.717, 1.165) is 89.9 Å². The van der Waals surface area contributed by atoms with E-state index < -0.39 is 0 Å². The first kappa shape index (κ1) is 21.8. The number of nitrogens with zero attached hydrogens (tertiary/aromatic N) is 4. The number of rotatable bonds is 10. The van der Waals surface area contributed by atoms with Crippen LogP contribution in [0.2, 0.25) is 0 Å². The molecule has 0 spiro atoms. The summed E-state index contributed by atoms with van der Waals surface area (Å²) in [5.74, 6) is 2.58. The van der Waals surface area contributed by atoms with Gasteiger partial charge >= 0.3 is 0 Å². The molecule has 2 fully saturated rings. The number of ether oxygens (including phenoxy) is 1. The third-order valence-electron chi connectivity index (χ3n) is 5.69. The Bertz CT molecular complexity index is 623. The number of aromatic nitrogens is 2. The third-order valence-corrected chi connectivity index (χ3v) is 5.69. The van der Waals surface area contributed by atoms with Crippen molar-refractivity contribution in [3.8, 4) is 0 Å². The minimum atomic E-state index is 0.170. The van der Waals surface area contributed by atoms with Gasteiger partial charge in [0.2, 0.25) is 5.91 Å². The molecule has 0 aliphatic carbocycles. The second-order valence-electron chi connectivity index (χ2n) is 7.99. The van der Waals surface area contributed by atoms with Gasteiger partial charge in [0.1, 0.15) is 18.0 Å². The highest BCUT2D eigenvalue weighted by Crippen LogP contribution is 2.25. The van der Waals surface area contributed by atoms with E-state index in [2.05, 4.69) is 37.3 Å². The zero-order valence-electron chi connectivity index (χ0n) is 17.7. The molecule has 0 radical (unpaired) electrons. The summed E-state index contributed by atoms with van der Waals surface area (Å²) in [5.41, 5.74) is 0. The number of carbonyl (C=O) groups excluding carboxylic acids is 1. The van der Waals surface area contributed by atoms with Gasteiger partial charge in [-0.2, -0.15) is 0 Å². The number of carbonyl (C=O) groups is 1. The molecule has 162 valence electrons. The Morgan fingerprint density at radius 1 is 1.24 bits per heavy atom. The normalized spacial score (nSPS) is 20.4. The first-order chi connectivity index (χ1) is 14.2. The minimum Gasteiger partial charge on any atom is -0.379 e. The molecule has 8 nitrogen and oxygen atoms in total. The molecule has 1 aromatic rings. The van der Waals surface area contributed by atoms with E-state index in [1.807, 2.05) is 6.07 Å². The monoisotopic (exact) mass is 404 g/mol. The van der Waals surface area contributed by atoms with Crippen molar-refractivity contribution >= 4 is 17.5 Å². The van der Waals surface area contributed by atoms with Gasteiger partial charge in [-0.15, -0.1) is 0 Å². The predicted octanol–water partition coefficient (Wildman–Crippen LogP) is 1.74. The van der Waals surface area contributed by atoms with Gasteiger partial charge in [-0.3, -0.25) is 9.69 Å². The third kappa shape index (κ3) is 7.44. The van der Waals surface area contributed by atoms with Gasteiger partial charge in [-0.05, 0) is 31.6 Å². The van der Waals surface area contributed by atoms with Gasteiger partial charge in [-0.1, -0.05) is 6.92 Å². The highest BCUT2D eigenvalue weighted by Gasteiger charge is 2.22. The molecule has 8 heteroatoms. The van der Waals surface area contributed by atoms with Crippen LogP contribution in [0.4, 0.5) is 11.6 Å². The van der Waals surface area contributed by atoms with Crippen molar-refractivity contribution in [3.63, 3.8) is 0 Å². The van der Waals surface area contributed by atoms with Crippen molar-refractivity contribution in [1.82, 2.24) is 20.2 Å². The zero-order chi connectivity index (χ0) is 20.3. The average molecular weight is 405 g/mol. The number of morpholine rings is 1. The molecule has 1 atom stereocenters. The van der Waals surface area contributed by atoms with Gasteiger partial charge < -0.3 is 20.3 Å². The van der Waals surface area contributed by atoms with Gasteiger partial charge in [0.05, 0.1) is 13.2 Å². The zero-order valence-corrected chi connectivity index (χ0v) is 17.7. The second-order valence-corrected chi connectivity index (χ2v) is 7.99. The Kier molecular flexibility index (Phi) is 8.95. The van der Waals surface area contributed by atoms with Crippen LogP contribution in [0.1, 0.15) is 39.0 Å². The molecule has 0 saturated carbocycles. The predicted molar refractivity (Wildman–Crippen MR) is 115 cm³/mol. The maximum absolute atomic E-state index is 12.2. The van der Waals surface area contributed by atoms with Crippen LogP contribution in [0.3, 0.4) is 0 Å². The Hall–Kier alpha value is -1.93. The van der Waals surface area contributed by atoms with Crippen molar-refractivity contribution in [1.29, 1.82) is 0 Å². The molecule has 2 saturated heterocycles. The highest BCUT2D eigenvalue weighted by molar-refractivity contribution is 5.75. The summed E-state index contributed by atoms with van der Waals surface area (Å²) in [6.45, 7) is 10.2. The fourth-order valence-corrected chi connectivity index (χ4v) is 3.98. The molecule has 2 aliphatic heterocycles. The first-order valence-electron chi connectivity index (χ1n) is 11.1. The lowest BCUT2D eigenvalue weighted by molar-refractivity contribution is -0.121. The molecule has 0 bridgehead atoms. The maximum atomic E-state index is 12.2. The molecule has 0 aromatic carbocycles. The largest absolute Gasteiger partial charge is 0.379 e. The van der Waals surface area contributed by atoms with Crippen molar-refractivity contribution < 1.29 is 9.53 Å². The number of piperidine rings is 1. The fourth-order valence-electron chi connectivity index (χ4n) is 3.98. The number of anilines is 2. The van der Waals surface area contributed by atoms with Crippen molar-refractivity contribution in [3.05, 3.63) is 12.4 Å². The van der Waals surface area contributed by atoms with Gasteiger partial charge in [0.25, 0.3) is 0 Å². The summed E-state index contributed by atoms with van der Waals surface area (Å²) in [5, 5.41) is 6.40. The van der Waals surface area contributed by atoms with E-state index in [1.165, 1.54) is 6.42 Å². The van der Waals surface area contributed by atoms with Gasteiger partial charge in [-0.25, -0.2) is 9.97 Å². The molecular weight excluding hydrogens is 368 g/mol. The van der Waals surface area contributed by atoms with Crippen LogP contribution in [-0.4, -0.2) is 79.8 Å². The molecule has 1 aromatic heterocycles. The lowest BCUT2D eigenvalue weighted by atomic mass is 9.93. The second kappa shape index (κ2) is 11.9. The minimum absolute atomic E-state index is 0.170. The maximum Gasteiger partial charge on any atom is 0.220 e. The number of hydrogen-bond donors (Lipinski definition) is 2. The number of nitrogens with one attached hydrogen (secondary N) is 2. The van der Waals surface area contributed by atoms with Crippen LogP contribution in [0.25, 0.3) is 0 Å². The van der Waals surface area contributed by atoms with E-state index in [1.54, 1.807) is 6.33 Å². The average Bonchev–Trinajstić information content (AvgIpc) is 2.77. The van der Waals surface area contributed by atoms with E-state index in [9.17, 15) is 4.79 Å². The fraction of sp³-hybridized carbons (Fsp3) is 0.762. The molecule has 29 heavy (non-hydrogen) atoms. The first-order valence-corrected chi connectivity index (χ1v) is 11.1. The quantitative estimate of drug-likeness (QED) is 0.615. The lowest BCUT2D eigenvalue weighted by Crippen LogP contribution is -2.41. The van der Waals surface area contributed by atoms with Crippen molar-refractivity contribution in [2.75, 3.05) is 69.2 Å². The van der Waals surface area contributed by atoms with Crippen LogP contribution in [0.15, 0.2) is 12.4 Å². The summed E-state index contributed by atoms with van der Waals surface area (Å²) in [6.07, 6.45) is 6.58. The molecule has 3 heterocycles. The van der Waals surface area contributed by atoms with E-state index in [4.69, 9.17) is 4.74 Å². The van der Waals surface area contributed by atoms with Crippen LogP contribution in [-0.2, 0) is 9.53 Å². The van der Waals surface area contributed by atoms with Gasteiger partial charge in [0, 0.05) is 58.3 Å². The Labute approximate surface area is 174 Å². The van der Waals surface area contributed by atoms with Crippen LogP contribution in [0.5, 0.6) is 0 Å². The SMILES string of the molecule is CCCNc1cc(N2CCCC(CCC(=O)NCCN3CCOCC3)C2)ncn1. The molecular formula is C21H36N6O2. The molecule has 2 N–H and O–H groups in total. The molecule has 1 unspecified atom stereocenters. The standard InChI is InChI=1S/C21H36N6O2/c1-2-7-22-19-15-20(25-17-24-19)27-9-3-4-18(16-27)5-6-21(28)23-8-10-26-11-13-29-14-12-26/h15,17-18H,2-14,16H2,1H3,(H,23,28)(H,22,24,25). The highest BCUT2D eigenvalue weighted by atomic mass is 16.5. The topological polar surface area (TPSA) is 82.6 Å². The number of hydrogen-bond acceptors (Lipinski definition) is 7.